The van der Waals surface area contributed by atoms with Gasteiger partial charge >= 0.3 is 5.97 Å². The number of carbonyl (C=O) groups excluding carboxylic acids is 2. The first-order valence-electron chi connectivity index (χ1n) is 6.17. The molecule has 1 rings (SSSR count). The Morgan fingerprint density at radius 2 is 1.89 bits per heavy atom. The molecular formula is C14H19NO4. The highest BCUT2D eigenvalue weighted by Gasteiger charge is 2.13. The van der Waals surface area contributed by atoms with Crippen LogP contribution in [0.15, 0.2) is 24.3 Å². The lowest BCUT2D eigenvalue weighted by molar-refractivity contribution is -0.153. The van der Waals surface area contributed by atoms with Gasteiger partial charge in [-0.15, -0.1) is 0 Å². The summed E-state index contributed by atoms with van der Waals surface area (Å²) in [7, 11) is 0. The van der Waals surface area contributed by atoms with Gasteiger partial charge in [0.2, 0.25) is 0 Å². The molecule has 1 aromatic carbocycles. The molecule has 0 aliphatic carbocycles. The van der Waals surface area contributed by atoms with Crippen molar-refractivity contribution in [3.8, 4) is 5.75 Å². The zero-order valence-corrected chi connectivity index (χ0v) is 11.2. The molecule has 0 fully saturated rings. The Balaban J connectivity index is 2.18. The van der Waals surface area contributed by atoms with Gasteiger partial charge in [0.05, 0.1) is 6.61 Å². The van der Waals surface area contributed by atoms with Crippen molar-refractivity contribution in [2.24, 2.45) is 5.73 Å². The minimum atomic E-state index is -0.884. The average molecular weight is 265 g/mol. The summed E-state index contributed by atoms with van der Waals surface area (Å²) in [4.78, 5) is 22.0. The number of esters is 1. The van der Waals surface area contributed by atoms with E-state index in [1.165, 1.54) is 6.92 Å². The minimum Gasteiger partial charge on any atom is -0.494 e. The summed E-state index contributed by atoms with van der Waals surface area (Å²) < 4.78 is 10.3. The van der Waals surface area contributed by atoms with Gasteiger partial charge in [-0.1, -0.05) is 17.7 Å². The fourth-order valence-electron chi connectivity index (χ4n) is 1.36. The van der Waals surface area contributed by atoms with Crippen molar-refractivity contribution in [3.63, 3.8) is 0 Å². The molecule has 0 saturated carbocycles. The molecule has 1 amide bonds. The van der Waals surface area contributed by atoms with Crippen LogP contribution < -0.4 is 10.5 Å². The van der Waals surface area contributed by atoms with Crippen LogP contribution in [0.3, 0.4) is 0 Å². The third kappa shape index (κ3) is 5.90. The van der Waals surface area contributed by atoms with E-state index in [1.54, 1.807) is 0 Å². The van der Waals surface area contributed by atoms with E-state index >= 15 is 0 Å². The Hall–Kier alpha value is -2.04. The fourth-order valence-corrected chi connectivity index (χ4v) is 1.36. The van der Waals surface area contributed by atoms with Crippen molar-refractivity contribution in [2.75, 3.05) is 6.61 Å². The van der Waals surface area contributed by atoms with E-state index in [2.05, 4.69) is 0 Å². The minimum absolute atomic E-state index is 0.198. The van der Waals surface area contributed by atoms with Crippen molar-refractivity contribution in [1.29, 1.82) is 0 Å². The molecule has 0 radical (unpaired) electrons. The van der Waals surface area contributed by atoms with Gasteiger partial charge < -0.3 is 15.2 Å². The number of primary amides is 1. The molecule has 0 unspecified atom stereocenters. The van der Waals surface area contributed by atoms with Crippen LogP contribution in [0.4, 0.5) is 0 Å². The van der Waals surface area contributed by atoms with Crippen LogP contribution in [0.5, 0.6) is 5.75 Å². The first-order valence-corrected chi connectivity index (χ1v) is 6.17. The lowest BCUT2D eigenvalue weighted by Crippen LogP contribution is -2.30. The van der Waals surface area contributed by atoms with E-state index in [9.17, 15) is 9.59 Å². The van der Waals surface area contributed by atoms with Gasteiger partial charge in [-0.25, -0.2) is 0 Å². The molecule has 104 valence electrons. The Labute approximate surface area is 112 Å². The van der Waals surface area contributed by atoms with Gasteiger partial charge in [-0.2, -0.15) is 0 Å². The van der Waals surface area contributed by atoms with E-state index in [4.69, 9.17) is 15.2 Å². The predicted molar refractivity (Wildman–Crippen MR) is 70.7 cm³/mol. The molecule has 0 spiro atoms. The standard InChI is InChI=1S/C14H19NO4/c1-10-5-7-12(8-6-10)18-9-3-4-13(16)19-11(2)14(15)17/h5-8,11H,3-4,9H2,1-2H3,(H2,15,17)/t11-/m0/s1. The van der Waals surface area contributed by atoms with E-state index in [0.29, 0.717) is 13.0 Å². The summed E-state index contributed by atoms with van der Waals surface area (Å²) in [6.07, 6.45) is -0.160. The topological polar surface area (TPSA) is 78.6 Å². The molecule has 1 aromatic rings. The summed E-state index contributed by atoms with van der Waals surface area (Å²) in [6, 6.07) is 7.67. The number of hydrogen-bond donors (Lipinski definition) is 1. The number of hydrogen-bond acceptors (Lipinski definition) is 4. The summed E-state index contributed by atoms with van der Waals surface area (Å²) in [5.74, 6) is -0.326. The first-order chi connectivity index (χ1) is 8.99. The van der Waals surface area contributed by atoms with Gasteiger partial charge in [-0.05, 0) is 32.4 Å². The molecule has 0 aliphatic rings. The maximum Gasteiger partial charge on any atom is 0.306 e. The van der Waals surface area contributed by atoms with Crippen molar-refractivity contribution >= 4 is 11.9 Å². The highest BCUT2D eigenvalue weighted by atomic mass is 16.5. The monoisotopic (exact) mass is 265 g/mol. The quantitative estimate of drug-likeness (QED) is 0.599. The Bertz CT molecular complexity index is 428. The number of ether oxygens (including phenoxy) is 2. The summed E-state index contributed by atoms with van der Waals surface area (Å²) >= 11 is 0. The maximum atomic E-state index is 11.3. The van der Waals surface area contributed by atoms with Crippen LogP contribution in [-0.4, -0.2) is 24.6 Å². The van der Waals surface area contributed by atoms with Gasteiger partial charge in [0.25, 0.3) is 5.91 Å². The third-order valence-corrected chi connectivity index (χ3v) is 2.52. The lowest BCUT2D eigenvalue weighted by atomic mass is 10.2. The SMILES string of the molecule is Cc1ccc(OCCCC(=O)O[C@@H](C)C(N)=O)cc1. The zero-order valence-electron chi connectivity index (χ0n) is 11.2. The molecule has 0 aromatic heterocycles. The van der Waals surface area contributed by atoms with Crippen LogP contribution in [0.1, 0.15) is 25.3 Å². The van der Waals surface area contributed by atoms with Gasteiger partial charge in [0, 0.05) is 6.42 Å². The predicted octanol–water partition coefficient (Wildman–Crippen LogP) is 1.57. The number of aryl methyl sites for hydroxylation is 1. The maximum absolute atomic E-state index is 11.3. The number of carbonyl (C=O) groups is 2. The van der Waals surface area contributed by atoms with E-state index in [-0.39, 0.29) is 6.42 Å². The summed E-state index contributed by atoms with van der Waals surface area (Å²) in [5.41, 5.74) is 6.15. The van der Waals surface area contributed by atoms with Crippen molar-refractivity contribution < 1.29 is 19.1 Å². The van der Waals surface area contributed by atoms with Crippen molar-refractivity contribution in [3.05, 3.63) is 29.8 Å². The van der Waals surface area contributed by atoms with Crippen LogP contribution in [0.2, 0.25) is 0 Å². The van der Waals surface area contributed by atoms with E-state index in [1.807, 2.05) is 31.2 Å². The van der Waals surface area contributed by atoms with Crippen LogP contribution in [0.25, 0.3) is 0 Å². The molecule has 0 saturated heterocycles. The summed E-state index contributed by atoms with van der Waals surface area (Å²) in [5, 5.41) is 0. The molecule has 19 heavy (non-hydrogen) atoms. The second-order valence-corrected chi connectivity index (χ2v) is 4.30. The number of benzene rings is 1. The highest BCUT2D eigenvalue weighted by molar-refractivity contribution is 5.81. The van der Waals surface area contributed by atoms with Gasteiger partial charge in [-0.3, -0.25) is 9.59 Å². The Kier molecular flexibility index (Phi) is 5.85. The first kappa shape index (κ1) is 15.0. The molecule has 2 N–H and O–H groups in total. The largest absolute Gasteiger partial charge is 0.494 e. The average Bonchev–Trinajstić information content (AvgIpc) is 2.36. The summed E-state index contributed by atoms with van der Waals surface area (Å²) in [6.45, 7) is 3.87. The van der Waals surface area contributed by atoms with Gasteiger partial charge in [0.1, 0.15) is 5.75 Å². The highest BCUT2D eigenvalue weighted by Crippen LogP contribution is 2.11. The molecular weight excluding hydrogens is 246 g/mol. The molecule has 5 heteroatoms. The number of amides is 1. The third-order valence-electron chi connectivity index (χ3n) is 2.52. The molecule has 0 bridgehead atoms. The van der Waals surface area contributed by atoms with E-state index in [0.717, 1.165) is 11.3 Å². The van der Waals surface area contributed by atoms with E-state index < -0.39 is 18.0 Å². The second-order valence-electron chi connectivity index (χ2n) is 4.30. The van der Waals surface area contributed by atoms with Crippen LogP contribution in [-0.2, 0) is 14.3 Å². The molecule has 0 heterocycles. The number of nitrogens with two attached hydrogens (primary N) is 1. The van der Waals surface area contributed by atoms with Crippen LogP contribution in [0, 0.1) is 6.92 Å². The van der Waals surface area contributed by atoms with Crippen molar-refractivity contribution in [1.82, 2.24) is 0 Å². The van der Waals surface area contributed by atoms with Crippen molar-refractivity contribution in [2.45, 2.75) is 32.8 Å². The Morgan fingerprint density at radius 1 is 1.26 bits per heavy atom. The molecule has 0 aliphatic heterocycles. The lowest BCUT2D eigenvalue weighted by Gasteiger charge is -2.10. The number of rotatable bonds is 7. The molecule has 5 nitrogen and oxygen atoms in total. The second kappa shape index (κ2) is 7.41. The zero-order chi connectivity index (χ0) is 14.3. The molecule has 1 atom stereocenters. The smallest absolute Gasteiger partial charge is 0.306 e. The van der Waals surface area contributed by atoms with Crippen LogP contribution >= 0.6 is 0 Å². The van der Waals surface area contributed by atoms with Gasteiger partial charge in [0.15, 0.2) is 6.10 Å². The normalized spacial score (nSPS) is 11.7. The Morgan fingerprint density at radius 3 is 2.47 bits per heavy atom. The fraction of sp³-hybridized carbons (Fsp3) is 0.429.